The molecular formula is C11H12O3. The number of hydrogen-bond donors (Lipinski definition) is 1. The molecule has 74 valence electrons. The largest absolute Gasteiger partial charge is 0.463 e. The number of aliphatic hydroxyl groups excluding tert-OH is 1. The Kier molecular flexibility index (Phi) is 2.50. The van der Waals surface area contributed by atoms with Crippen molar-refractivity contribution >= 4 is 5.97 Å². The summed E-state index contributed by atoms with van der Waals surface area (Å²) in [7, 11) is 0. The van der Waals surface area contributed by atoms with E-state index in [-0.39, 0.29) is 12.6 Å². The Morgan fingerprint density at radius 3 is 2.64 bits per heavy atom. The van der Waals surface area contributed by atoms with E-state index < -0.39 is 12.0 Å². The summed E-state index contributed by atoms with van der Waals surface area (Å²) in [5, 5.41) is 9.47. The SMILES string of the molecule is O=C1OCC(O)[C@@H]1Cc1ccccc1. The van der Waals surface area contributed by atoms with Crippen LogP contribution in [0, 0.1) is 5.92 Å². The molecule has 1 aliphatic rings. The molecule has 14 heavy (non-hydrogen) atoms. The van der Waals surface area contributed by atoms with Crippen LogP contribution in [0.25, 0.3) is 0 Å². The maximum atomic E-state index is 11.2. The summed E-state index contributed by atoms with van der Waals surface area (Å²) < 4.78 is 4.76. The van der Waals surface area contributed by atoms with Gasteiger partial charge in [-0.3, -0.25) is 4.79 Å². The highest BCUT2D eigenvalue weighted by molar-refractivity contribution is 5.75. The Morgan fingerprint density at radius 1 is 1.36 bits per heavy atom. The molecule has 1 aromatic rings. The first-order valence-electron chi connectivity index (χ1n) is 4.66. The lowest BCUT2D eigenvalue weighted by atomic mass is 9.96. The van der Waals surface area contributed by atoms with Crippen LogP contribution in [0.2, 0.25) is 0 Å². The molecule has 0 saturated carbocycles. The van der Waals surface area contributed by atoms with Crippen LogP contribution in [0.4, 0.5) is 0 Å². The van der Waals surface area contributed by atoms with E-state index in [1.54, 1.807) is 0 Å². The Balaban J connectivity index is 2.07. The number of benzene rings is 1. The highest BCUT2D eigenvalue weighted by Gasteiger charge is 2.35. The lowest BCUT2D eigenvalue weighted by Crippen LogP contribution is -2.22. The lowest BCUT2D eigenvalue weighted by molar-refractivity contribution is -0.141. The molecular weight excluding hydrogens is 180 g/mol. The average Bonchev–Trinajstić information content (AvgIpc) is 2.51. The zero-order valence-electron chi connectivity index (χ0n) is 7.72. The van der Waals surface area contributed by atoms with Gasteiger partial charge in [0.15, 0.2) is 0 Å². The molecule has 0 amide bonds. The van der Waals surface area contributed by atoms with Crippen LogP contribution in [0.5, 0.6) is 0 Å². The van der Waals surface area contributed by atoms with Crippen molar-refractivity contribution in [3.05, 3.63) is 35.9 Å². The van der Waals surface area contributed by atoms with Crippen LogP contribution in [-0.2, 0) is 16.0 Å². The maximum Gasteiger partial charge on any atom is 0.312 e. The Bertz CT molecular complexity index is 321. The molecule has 1 fully saturated rings. The van der Waals surface area contributed by atoms with Crippen LogP contribution >= 0.6 is 0 Å². The van der Waals surface area contributed by atoms with Crippen molar-refractivity contribution in [2.75, 3.05) is 6.61 Å². The van der Waals surface area contributed by atoms with Crippen LogP contribution in [-0.4, -0.2) is 23.8 Å². The molecule has 1 N–H and O–H groups in total. The first-order chi connectivity index (χ1) is 6.77. The van der Waals surface area contributed by atoms with Crippen LogP contribution in [0.3, 0.4) is 0 Å². The van der Waals surface area contributed by atoms with E-state index in [0.717, 1.165) is 5.56 Å². The van der Waals surface area contributed by atoms with Crippen molar-refractivity contribution in [1.29, 1.82) is 0 Å². The van der Waals surface area contributed by atoms with E-state index in [0.29, 0.717) is 6.42 Å². The van der Waals surface area contributed by atoms with Gasteiger partial charge in [0.2, 0.25) is 0 Å². The second-order valence-electron chi connectivity index (χ2n) is 3.49. The second-order valence-corrected chi connectivity index (χ2v) is 3.49. The Morgan fingerprint density at radius 2 is 2.07 bits per heavy atom. The zero-order valence-corrected chi connectivity index (χ0v) is 7.72. The Labute approximate surface area is 82.3 Å². The summed E-state index contributed by atoms with van der Waals surface area (Å²) in [6.07, 6.45) is -0.0939. The highest BCUT2D eigenvalue weighted by atomic mass is 16.6. The molecule has 1 unspecified atom stereocenters. The van der Waals surface area contributed by atoms with Gasteiger partial charge in [-0.1, -0.05) is 30.3 Å². The maximum absolute atomic E-state index is 11.2. The van der Waals surface area contributed by atoms with Gasteiger partial charge >= 0.3 is 5.97 Å². The van der Waals surface area contributed by atoms with Crippen molar-refractivity contribution in [3.63, 3.8) is 0 Å². The number of carbonyl (C=O) groups excluding carboxylic acids is 1. The molecule has 1 heterocycles. The number of cyclic esters (lactones) is 1. The van der Waals surface area contributed by atoms with Crippen molar-refractivity contribution in [3.8, 4) is 0 Å². The predicted octanol–water partition coefficient (Wildman–Crippen LogP) is 0.763. The number of esters is 1. The van der Waals surface area contributed by atoms with Gasteiger partial charge in [-0.05, 0) is 12.0 Å². The normalized spacial score (nSPS) is 26.2. The summed E-state index contributed by atoms with van der Waals surface area (Å²) in [6, 6.07) is 9.65. The summed E-state index contributed by atoms with van der Waals surface area (Å²) in [5.74, 6) is -0.682. The molecule has 0 spiro atoms. The monoisotopic (exact) mass is 192 g/mol. The van der Waals surface area contributed by atoms with E-state index >= 15 is 0 Å². The van der Waals surface area contributed by atoms with Crippen LogP contribution < -0.4 is 0 Å². The molecule has 1 aromatic carbocycles. The lowest BCUT2D eigenvalue weighted by Gasteiger charge is -2.08. The summed E-state index contributed by atoms with van der Waals surface area (Å²) in [5.41, 5.74) is 1.05. The van der Waals surface area contributed by atoms with Gasteiger partial charge in [-0.15, -0.1) is 0 Å². The Hall–Kier alpha value is -1.35. The topological polar surface area (TPSA) is 46.5 Å². The molecule has 3 nitrogen and oxygen atoms in total. The number of aliphatic hydroxyl groups is 1. The van der Waals surface area contributed by atoms with E-state index in [1.165, 1.54) is 0 Å². The molecule has 2 atom stereocenters. The van der Waals surface area contributed by atoms with Crippen molar-refractivity contribution in [2.45, 2.75) is 12.5 Å². The van der Waals surface area contributed by atoms with Gasteiger partial charge in [-0.25, -0.2) is 0 Å². The molecule has 0 radical (unpaired) electrons. The number of rotatable bonds is 2. The number of ether oxygens (including phenoxy) is 1. The van der Waals surface area contributed by atoms with E-state index in [9.17, 15) is 9.90 Å². The minimum Gasteiger partial charge on any atom is -0.463 e. The third-order valence-corrected chi connectivity index (χ3v) is 2.46. The molecule has 0 bridgehead atoms. The highest BCUT2D eigenvalue weighted by Crippen LogP contribution is 2.20. The van der Waals surface area contributed by atoms with Crippen molar-refractivity contribution in [1.82, 2.24) is 0 Å². The molecule has 0 aliphatic carbocycles. The number of carbonyl (C=O) groups is 1. The fourth-order valence-corrected chi connectivity index (χ4v) is 1.64. The summed E-state index contributed by atoms with van der Waals surface area (Å²) in [6.45, 7) is 0.135. The van der Waals surface area contributed by atoms with E-state index in [1.807, 2.05) is 30.3 Å². The first kappa shape index (κ1) is 9.21. The smallest absolute Gasteiger partial charge is 0.312 e. The van der Waals surface area contributed by atoms with Crippen LogP contribution in [0.1, 0.15) is 5.56 Å². The predicted molar refractivity (Wildman–Crippen MR) is 50.6 cm³/mol. The third kappa shape index (κ3) is 1.77. The standard InChI is InChI=1S/C11H12O3/c12-10-7-14-11(13)9(10)6-8-4-2-1-3-5-8/h1-5,9-10,12H,6-7H2/t9-,10?/m0/s1. The molecule has 1 aliphatic heterocycles. The summed E-state index contributed by atoms with van der Waals surface area (Å²) >= 11 is 0. The fourth-order valence-electron chi connectivity index (χ4n) is 1.64. The molecule has 2 rings (SSSR count). The third-order valence-electron chi connectivity index (χ3n) is 2.46. The van der Waals surface area contributed by atoms with Gasteiger partial charge in [-0.2, -0.15) is 0 Å². The van der Waals surface area contributed by atoms with Gasteiger partial charge in [0.1, 0.15) is 12.7 Å². The van der Waals surface area contributed by atoms with E-state index in [4.69, 9.17) is 4.74 Å². The van der Waals surface area contributed by atoms with Gasteiger partial charge in [0.25, 0.3) is 0 Å². The minimum atomic E-state index is -0.650. The van der Waals surface area contributed by atoms with Crippen LogP contribution in [0.15, 0.2) is 30.3 Å². The van der Waals surface area contributed by atoms with Gasteiger partial charge in [0, 0.05) is 0 Å². The van der Waals surface area contributed by atoms with Gasteiger partial charge < -0.3 is 9.84 Å². The quantitative estimate of drug-likeness (QED) is 0.704. The van der Waals surface area contributed by atoms with Crippen molar-refractivity contribution in [2.24, 2.45) is 5.92 Å². The minimum absolute atomic E-state index is 0.135. The van der Waals surface area contributed by atoms with E-state index in [2.05, 4.69) is 0 Å². The second kappa shape index (κ2) is 3.80. The first-order valence-corrected chi connectivity index (χ1v) is 4.66. The molecule has 0 aromatic heterocycles. The van der Waals surface area contributed by atoms with Crippen molar-refractivity contribution < 1.29 is 14.6 Å². The zero-order chi connectivity index (χ0) is 9.97. The summed E-state index contributed by atoms with van der Waals surface area (Å²) in [4.78, 5) is 11.2. The van der Waals surface area contributed by atoms with Gasteiger partial charge in [0.05, 0.1) is 5.92 Å². The fraction of sp³-hybridized carbons (Fsp3) is 0.364. The molecule has 1 saturated heterocycles. The molecule has 3 heteroatoms. The average molecular weight is 192 g/mol. The number of hydrogen-bond acceptors (Lipinski definition) is 3.